The number of anilines is 1. The number of likely N-dealkylation sites (tertiary alicyclic amines) is 1. The number of benzene rings is 1. The Labute approximate surface area is 143 Å². The molecule has 0 spiro atoms. The summed E-state index contributed by atoms with van der Waals surface area (Å²) in [5.74, 6) is 1.28. The summed E-state index contributed by atoms with van der Waals surface area (Å²) in [6.45, 7) is 6.31. The highest BCUT2D eigenvalue weighted by Gasteiger charge is 2.58. The average molecular weight is 330 g/mol. The molecule has 1 saturated heterocycles. The van der Waals surface area contributed by atoms with Crippen molar-refractivity contribution < 1.29 is 14.3 Å². The summed E-state index contributed by atoms with van der Waals surface area (Å²) in [5.41, 5.74) is -0.131. The summed E-state index contributed by atoms with van der Waals surface area (Å²) in [5, 5.41) is 2.90. The lowest BCUT2D eigenvalue weighted by Crippen LogP contribution is -2.46. The molecule has 1 N–H and O–H groups in total. The van der Waals surface area contributed by atoms with E-state index in [2.05, 4.69) is 12.2 Å². The van der Waals surface area contributed by atoms with Gasteiger partial charge < -0.3 is 15.0 Å². The Kier molecular flexibility index (Phi) is 4.78. The fraction of sp³-hybridized carbons (Fsp3) is 0.579. The number of piperidine rings is 1. The molecule has 2 fully saturated rings. The summed E-state index contributed by atoms with van der Waals surface area (Å²) >= 11 is 0. The van der Waals surface area contributed by atoms with E-state index >= 15 is 0 Å². The molecule has 1 aliphatic heterocycles. The van der Waals surface area contributed by atoms with Crippen molar-refractivity contribution in [1.82, 2.24) is 4.90 Å². The number of nitrogens with one attached hydrogen (secondary N) is 1. The summed E-state index contributed by atoms with van der Waals surface area (Å²) in [6, 6.07) is 7.27. The minimum Gasteiger partial charge on any atom is -0.494 e. The number of ether oxygens (including phenoxy) is 1. The van der Waals surface area contributed by atoms with Crippen molar-refractivity contribution in [2.24, 2.45) is 11.3 Å². The van der Waals surface area contributed by atoms with Gasteiger partial charge in [0, 0.05) is 18.8 Å². The van der Waals surface area contributed by atoms with Gasteiger partial charge in [-0.15, -0.1) is 0 Å². The fourth-order valence-electron chi connectivity index (χ4n) is 3.23. The molecular formula is C19H26N2O3. The van der Waals surface area contributed by atoms with Gasteiger partial charge in [0.1, 0.15) is 11.2 Å². The second-order valence-electron chi connectivity index (χ2n) is 6.97. The van der Waals surface area contributed by atoms with Crippen LogP contribution in [-0.2, 0) is 9.59 Å². The summed E-state index contributed by atoms with van der Waals surface area (Å²) < 4.78 is 5.40. The zero-order valence-electron chi connectivity index (χ0n) is 14.5. The third-order valence-corrected chi connectivity index (χ3v) is 5.09. The van der Waals surface area contributed by atoms with Gasteiger partial charge in [-0.25, -0.2) is 0 Å². The van der Waals surface area contributed by atoms with Crippen LogP contribution in [0, 0.1) is 11.3 Å². The van der Waals surface area contributed by atoms with E-state index in [0.717, 1.165) is 31.7 Å². The maximum atomic E-state index is 12.8. The predicted octanol–water partition coefficient (Wildman–Crippen LogP) is 3.06. The quantitative estimate of drug-likeness (QED) is 0.844. The van der Waals surface area contributed by atoms with Gasteiger partial charge in [0.05, 0.1) is 6.61 Å². The Morgan fingerprint density at radius 2 is 1.83 bits per heavy atom. The van der Waals surface area contributed by atoms with Crippen molar-refractivity contribution >= 4 is 17.5 Å². The minimum absolute atomic E-state index is 0.0119. The molecule has 24 heavy (non-hydrogen) atoms. The number of hydrogen-bond donors (Lipinski definition) is 1. The first kappa shape index (κ1) is 16.8. The lowest BCUT2D eigenvalue weighted by molar-refractivity contribution is -0.143. The maximum absolute atomic E-state index is 12.8. The van der Waals surface area contributed by atoms with Gasteiger partial charge in [-0.1, -0.05) is 6.92 Å². The van der Waals surface area contributed by atoms with E-state index in [1.165, 1.54) is 0 Å². The molecule has 1 aliphatic carbocycles. The van der Waals surface area contributed by atoms with E-state index in [9.17, 15) is 9.59 Å². The molecule has 1 heterocycles. The van der Waals surface area contributed by atoms with Crippen molar-refractivity contribution in [3.8, 4) is 5.75 Å². The Hall–Kier alpha value is -2.04. The van der Waals surface area contributed by atoms with Crippen molar-refractivity contribution in [2.45, 2.75) is 39.5 Å². The van der Waals surface area contributed by atoms with Gasteiger partial charge in [0.2, 0.25) is 11.8 Å². The van der Waals surface area contributed by atoms with Crippen molar-refractivity contribution in [3.63, 3.8) is 0 Å². The second-order valence-corrected chi connectivity index (χ2v) is 6.97. The lowest BCUT2D eigenvalue weighted by Gasteiger charge is -2.32. The molecule has 0 unspecified atom stereocenters. The standard InChI is InChI=1S/C19H26N2O3/c1-3-24-16-6-4-15(5-7-16)20-17(22)19(10-11-19)18(23)21-12-8-14(2)9-13-21/h4-7,14H,3,8-13H2,1-2H3,(H,20,22). The molecule has 2 aliphatic rings. The first-order chi connectivity index (χ1) is 11.5. The Morgan fingerprint density at radius 3 is 2.38 bits per heavy atom. The Balaban J connectivity index is 1.62. The third-order valence-electron chi connectivity index (χ3n) is 5.09. The monoisotopic (exact) mass is 330 g/mol. The van der Waals surface area contributed by atoms with Crippen molar-refractivity contribution in [3.05, 3.63) is 24.3 Å². The molecule has 0 radical (unpaired) electrons. The van der Waals surface area contributed by atoms with Crippen LogP contribution < -0.4 is 10.1 Å². The molecule has 2 amide bonds. The first-order valence-electron chi connectivity index (χ1n) is 8.89. The number of rotatable bonds is 5. The van der Waals surface area contributed by atoms with Gasteiger partial charge in [0.25, 0.3) is 0 Å². The summed E-state index contributed by atoms with van der Waals surface area (Å²) in [6.07, 6.45) is 3.37. The summed E-state index contributed by atoms with van der Waals surface area (Å²) in [4.78, 5) is 27.4. The Bertz CT molecular complexity index is 600. The largest absolute Gasteiger partial charge is 0.494 e. The summed E-state index contributed by atoms with van der Waals surface area (Å²) in [7, 11) is 0. The van der Waals surface area contributed by atoms with Gasteiger partial charge in [-0.3, -0.25) is 9.59 Å². The van der Waals surface area contributed by atoms with Crippen LogP contribution in [0.2, 0.25) is 0 Å². The number of hydrogen-bond acceptors (Lipinski definition) is 3. The van der Waals surface area contributed by atoms with Crippen LogP contribution in [0.5, 0.6) is 5.75 Å². The van der Waals surface area contributed by atoms with Crippen molar-refractivity contribution in [2.75, 3.05) is 25.0 Å². The SMILES string of the molecule is CCOc1ccc(NC(=O)C2(C(=O)N3CCC(C)CC3)CC2)cc1. The molecular weight excluding hydrogens is 304 g/mol. The number of carbonyl (C=O) groups excluding carboxylic acids is 2. The van der Waals surface area contributed by atoms with Crippen LogP contribution in [0.3, 0.4) is 0 Å². The Morgan fingerprint density at radius 1 is 1.21 bits per heavy atom. The van der Waals surface area contributed by atoms with E-state index in [-0.39, 0.29) is 11.8 Å². The smallest absolute Gasteiger partial charge is 0.240 e. The highest BCUT2D eigenvalue weighted by Crippen LogP contribution is 2.48. The van der Waals surface area contributed by atoms with Crippen LogP contribution in [0.4, 0.5) is 5.69 Å². The topological polar surface area (TPSA) is 58.6 Å². The van der Waals surface area contributed by atoms with E-state index in [4.69, 9.17) is 4.74 Å². The van der Waals surface area contributed by atoms with Gasteiger partial charge >= 0.3 is 0 Å². The second kappa shape index (κ2) is 6.83. The van der Waals surface area contributed by atoms with Gasteiger partial charge in [-0.05, 0) is 62.8 Å². The number of amides is 2. The number of carbonyl (C=O) groups is 2. The molecule has 0 aromatic heterocycles. The highest BCUT2D eigenvalue weighted by molar-refractivity contribution is 6.13. The average Bonchev–Trinajstić information content (AvgIpc) is 3.39. The zero-order chi connectivity index (χ0) is 17.2. The maximum Gasteiger partial charge on any atom is 0.240 e. The lowest BCUT2D eigenvalue weighted by atomic mass is 9.96. The van der Waals surface area contributed by atoms with Crippen LogP contribution in [0.1, 0.15) is 39.5 Å². The molecule has 0 atom stereocenters. The van der Waals surface area contributed by atoms with Crippen LogP contribution >= 0.6 is 0 Å². The molecule has 5 nitrogen and oxygen atoms in total. The van der Waals surface area contributed by atoms with Crippen LogP contribution in [0.25, 0.3) is 0 Å². The molecule has 0 bridgehead atoms. The predicted molar refractivity (Wildman–Crippen MR) is 92.9 cm³/mol. The van der Waals surface area contributed by atoms with Gasteiger partial charge in [0.15, 0.2) is 0 Å². The van der Waals surface area contributed by atoms with E-state index in [0.29, 0.717) is 31.1 Å². The molecule has 5 heteroatoms. The van der Waals surface area contributed by atoms with Gasteiger partial charge in [-0.2, -0.15) is 0 Å². The van der Waals surface area contributed by atoms with Crippen LogP contribution in [0.15, 0.2) is 24.3 Å². The van der Waals surface area contributed by atoms with E-state index in [1.54, 1.807) is 0 Å². The molecule has 1 saturated carbocycles. The molecule has 3 rings (SSSR count). The minimum atomic E-state index is -0.834. The highest BCUT2D eigenvalue weighted by atomic mass is 16.5. The van der Waals surface area contributed by atoms with E-state index in [1.807, 2.05) is 36.1 Å². The number of nitrogens with zero attached hydrogens (tertiary/aromatic N) is 1. The van der Waals surface area contributed by atoms with Crippen LogP contribution in [-0.4, -0.2) is 36.4 Å². The third kappa shape index (κ3) is 3.40. The van der Waals surface area contributed by atoms with Crippen molar-refractivity contribution in [1.29, 1.82) is 0 Å². The normalized spacial score (nSPS) is 19.7. The molecule has 1 aromatic carbocycles. The zero-order valence-corrected chi connectivity index (χ0v) is 14.5. The fourth-order valence-corrected chi connectivity index (χ4v) is 3.23. The molecule has 1 aromatic rings. The molecule has 130 valence electrons. The first-order valence-corrected chi connectivity index (χ1v) is 8.89. The van der Waals surface area contributed by atoms with E-state index < -0.39 is 5.41 Å².